The second-order valence-electron chi connectivity index (χ2n) is 11.9. The van der Waals surface area contributed by atoms with Gasteiger partial charge >= 0.3 is 0 Å². The molecule has 0 saturated carbocycles. The SMILES string of the molecule is COc1cc(N)c(Cl)cc1C(=O)Nc1cccc2c1CCN(C)C2.COc1ccc(C(=O)Nc2cccc3c2CCN(C)C3)c(OC)c1. The molecule has 0 saturated heterocycles. The van der Waals surface area contributed by atoms with Gasteiger partial charge in [0, 0.05) is 49.7 Å². The van der Waals surface area contributed by atoms with Crippen LogP contribution in [-0.2, 0) is 25.9 Å². The van der Waals surface area contributed by atoms with E-state index in [-0.39, 0.29) is 11.8 Å². The van der Waals surface area contributed by atoms with Crippen molar-refractivity contribution in [3.8, 4) is 17.2 Å². The number of fused-ring (bicyclic) bond motifs is 2. The summed E-state index contributed by atoms with van der Waals surface area (Å²) in [6, 6.07) is 20.3. The van der Waals surface area contributed by atoms with Crippen LogP contribution in [0, 0.1) is 0 Å². The molecule has 0 spiro atoms. The quantitative estimate of drug-likeness (QED) is 0.201. The fourth-order valence-corrected chi connectivity index (χ4v) is 6.18. The van der Waals surface area contributed by atoms with Crippen molar-refractivity contribution in [2.45, 2.75) is 25.9 Å². The van der Waals surface area contributed by atoms with Crippen LogP contribution in [-0.4, -0.2) is 70.1 Å². The first kappa shape index (κ1) is 34.6. The van der Waals surface area contributed by atoms with E-state index in [1.807, 2.05) is 24.3 Å². The second-order valence-corrected chi connectivity index (χ2v) is 12.3. The number of nitrogens with zero attached hydrogens (tertiary/aromatic N) is 2. The number of rotatable bonds is 7. The van der Waals surface area contributed by atoms with Gasteiger partial charge in [-0.1, -0.05) is 35.9 Å². The van der Waals surface area contributed by atoms with Crippen molar-refractivity contribution < 1.29 is 23.8 Å². The van der Waals surface area contributed by atoms with E-state index in [0.717, 1.165) is 50.4 Å². The number of carbonyl (C=O) groups is 2. The number of ether oxygens (including phenoxy) is 3. The zero-order chi connectivity index (χ0) is 34.4. The lowest BCUT2D eigenvalue weighted by molar-refractivity contribution is 0.101. The number of hydrogen-bond donors (Lipinski definition) is 3. The van der Waals surface area contributed by atoms with Gasteiger partial charge in [-0.2, -0.15) is 0 Å². The summed E-state index contributed by atoms with van der Waals surface area (Å²) in [7, 11) is 8.83. The van der Waals surface area contributed by atoms with Gasteiger partial charge in [0.15, 0.2) is 0 Å². The molecule has 0 bridgehead atoms. The Bertz CT molecular complexity index is 1810. The zero-order valence-corrected chi connectivity index (χ0v) is 28.7. The molecule has 4 aromatic carbocycles. The first-order valence-electron chi connectivity index (χ1n) is 15.7. The number of likely N-dealkylation sites (N-methyl/N-ethyl adjacent to an activating group) is 2. The van der Waals surface area contributed by atoms with E-state index in [9.17, 15) is 9.59 Å². The summed E-state index contributed by atoms with van der Waals surface area (Å²) >= 11 is 6.06. The number of hydrogen-bond acceptors (Lipinski definition) is 8. The third-order valence-electron chi connectivity index (χ3n) is 8.63. The summed E-state index contributed by atoms with van der Waals surface area (Å²) in [6.07, 6.45) is 1.84. The van der Waals surface area contributed by atoms with Gasteiger partial charge in [0.05, 0.1) is 43.2 Å². The zero-order valence-electron chi connectivity index (χ0n) is 28.0. The van der Waals surface area contributed by atoms with Crippen molar-refractivity contribution >= 4 is 40.5 Å². The lowest BCUT2D eigenvalue weighted by atomic mass is 9.98. The number of carbonyl (C=O) groups excluding carboxylic acids is 2. The Labute approximate surface area is 286 Å². The largest absolute Gasteiger partial charge is 0.497 e. The monoisotopic (exact) mass is 671 g/mol. The molecule has 48 heavy (non-hydrogen) atoms. The molecule has 2 aliphatic rings. The fraction of sp³-hybridized carbons (Fsp3) is 0.297. The summed E-state index contributed by atoms with van der Waals surface area (Å²) in [5.41, 5.74) is 13.6. The molecule has 0 radical (unpaired) electrons. The molecule has 0 fully saturated rings. The van der Waals surface area contributed by atoms with Crippen molar-refractivity contribution in [2.75, 3.05) is 64.9 Å². The Morgan fingerprint density at radius 1 is 0.708 bits per heavy atom. The van der Waals surface area contributed by atoms with Gasteiger partial charge < -0.3 is 40.4 Å². The lowest BCUT2D eigenvalue weighted by Crippen LogP contribution is -2.27. The van der Waals surface area contributed by atoms with Gasteiger partial charge in [0.25, 0.3) is 11.8 Å². The van der Waals surface area contributed by atoms with Gasteiger partial charge in [0.1, 0.15) is 17.2 Å². The second kappa shape index (κ2) is 15.4. The number of methoxy groups -OCH3 is 3. The molecule has 2 aliphatic heterocycles. The van der Waals surface area contributed by atoms with Crippen LogP contribution in [0.1, 0.15) is 43.0 Å². The summed E-state index contributed by atoms with van der Waals surface area (Å²) < 4.78 is 15.8. The highest BCUT2D eigenvalue weighted by molar-refractivity contribution is 6.33. The number of anilines is 3. The Morgan fingerprint density at radius 2 is 1.23 bits per heavy atom. The molecular formula is C37H42ClN5O5. The van der Waals surface area contributed by atoms with Gasteiger partial charge in [-0.15, -0.1) is 0 Å². The minimum Gasteiger partial charge on any atom is -0.497 e. The van der Waals surface area contributed by atoms with E-state index in [4.69, 9.17) is 31.5 Å². The Kier molecular flexibility index (Phi) is 11.1. The first-order chi connectivity index (χ1) is 23.1. The number of halogens is 1. The van der Waals surface area contributed by atoms with E-state index >= 15 is 0 Å². The Morgan fingerprint density at radius 3 is 1.75 bits per heavy atom. The van der Waals surface area contributed by atoms with Gasteiger partial charge in [-0.25, -0.2) is 0 Å². The van der Waals surface area contributed by atoms with Gasteiger partial charge in [-0.05, 0) is 79.5 Å². The highest BCUT2D eigenvalue weighted by Crippen LogP contribution is 2.32. The van der Waals surface area contributed by atoms with Crippen LogP contribution in [0.25, 0.3) is 0 Å². The molecule has 11 heteroatoms. The number of nitrogens with two attached hydrogens (primary N) is 1. The fourth-order valence-electron chi connectivity index (χ4n) is 6.02. The van der Waals surface area contributed by atoms with Crippen molar-refractivity contribution in [3.63, 3.8) is 0 Å². The minimum absolute atomic E-state index is 0.179. The first-order valence-corrected chi connectivity index (χ1v) is 16.1. The molecule has 6 rings (SSSR count). The summed E-state index contributed by atoms with van der Waals surface area (Å²) in [5.74, 6) is 1.11. The Hall–Kier alpha value is -4.77. The van der Waals surface area contributed by atoms with Crippen LogP contribution >= 0.6 is 11.6 Å². The predicted octanol–water partition coefficient (Wildman–Crippen LogP) is 6.12. The van der Waals surface area contributed by atoms with Crippen LogP contribution in [0.15, 0.2) is 66.7 Å². The highest BCUT2D eigenvalue weighted by atomic mass is 35.5. The molecule has 4 aromatic rings. The molecule has 0 aromatic heterocycles. The molecule has 2 heterocycles. The summed E-state index contributed by atoms with van der Waals surface area (Å²) in [4.78, 5) is 29.9. The van der Waals surface area contributed by atoms with E-state index in [0.29, 0.717) is 39.1 Å². The van der Waals surface area contributed by atoms with Crippen LogP contribution in [0.5, 0.6) is 17.2 Å². The topological polar surface area (TPSA) is 118 Å². The average molecular weight is 672 g/mol. The maximum atomic E-state index is 12.7. The van der Waals surface area contributed by atoms with Crippen molar-refractivity contribution in [2.24, 2.45) is 0 Å². The van der Waals surface area contributed by atoms with Gasteiger partial charge in [-0.3, -0.25) is 9.59 Å². The molecule has 10 nitrogen and oxygen atoms in total. The average Bonchev–Trinajstić information content (AvgIpc) is 3.09. The number of nitrogen functional groups attached to an aromatic ring is 1. The molecule has 2 amide bonds. The predicted molar refractivity (Wildman–Crippen MR) is 191 cm³/mol. The maximum absolute atomic E-state index is 12.7. The van der Waals surface area contributed by atoms with Crippen molar-refractivity contribution in [3.05, 3.63) is 105 Å². The number of amides is 2. The third-order valence-corrected chi connectivity index (χ3v) is 8.95. The van der Waals surface area contributed by atoms with Crippen molar-refractivity contribution in [1.82, 2.24) is 9.80 Å². The molecule has 0 unspecified atom stereocenters. The smallest absolute Gasteiger partial charge is 0.259 e. The number of benzene rings is 4. The Balaban J connectivity index is 0.000000188. The standard InChI is InChI=1S/C19H22N2O3.C18H20ClN3O2/c1-21-10-9-15-13(12-21)5-4-6-17(15)20-19(22)16-8-7-14(23-2)11-18(16)24-3;1-22-7-6-12-11(10-22)4-3-5-16(12)21-18(23)13-8-14(19)15(20)9-17(13)24-2/h4-8,11H,9-10,12H2,1-3H3,(H,20,22);3-5,8-9H,6-7,10,20H2,1-2H3,(H,21,23). The van der Waals surface area contributed by atoms with E-state index in [1.54, 1.807) is 38.5 Å². The van der Waals surface area contributed by atoms with Crippen LogP contribution in [0.4, 0.5) is 17.1 Å². The van der Waals surface area contributed by atoms with E-state index < -0.39 is 0 Å². The molecular weight excluding hydrogens is 630 g/mol. The summed E-state index contributed by atoms with van der Waals surface area (Å²) in [5, 5.41) is 6.35. The third kappa shape index (κ3) is 7.84. The van der Waals surface area contributed by atoms with E-state index in [1.165, 1.54) is 35.4 Å². The van der Waals surface area contributed by atoms with Crippen molar-refractivity contribution in [1.29, 1.82) is 0 Å². The molecule has 4 N–H and O–H groups in total. The van der Waals surface area contributed by atoms with Crippen LogP contribution < -0.4 is 30.6 Å². The van der Waals surface area contributed by atoms with Crippen LogP contribution in [0.3, 0.4) is 0 Å². The maximum Gasteiger partial charge on any atom is 0.259 e. The van der Waals surface area contributed by atoms with E-state index in [2.05, 4.69) is 46.7 Å². The molecule has 252 valence electrons. The number of nitrogens with one attached hydrogen (secondary N) is 2. The normalized spacial score (nSPS) is 14.0. The molecule has 0 aliphatic carbocycles. The minimum atomic E-state index is -0.263. The summed E-state index contributed by atoms with van der Waals surface area (Å²) in [6.45, 7) is 3.75. The molecule has 0 atom stereocenters. The van der Waals surface area contributed by atoms with Gasteiger partial charge in [0.2, 0.25) is 0 Å². The lowest BCUT2D eigenvalue weighted by Gasteiger charge is -2.26. The highest BCUT2D eigenvalue weighted by Gasteiger charge is 2.21. The van der Waals surface area contributed by atoms with Crippen LogP contribution in [0.2, 0.25) is 5.02 Å².